The van der Waals surface area contributed by atoms with E-state index in [9.17, 15) is 0 Å². The maximum atomic E-state index is 5.79. The van der Waals surface area contributed by atoms with Crippen LogP contribution in [0, 0.1) is 0 Å². The Balaban J connectivity index is 2.85. The van der Waals surface area contributed by atoms with E-state index in [0.717, 1.165) is 24.3 Å². The van der Waals surface area contributed by atoms with E-state index in [0.29, 0.717) is 5.92 Å². The van der Waals surface area contributed by atoms with Crippen LogP contribution in [-0.4, -0.2) is 9.78 Å². The molecule has 0 radical (unpaired) electrons. The van der Waals surface area contributed by atoms with E-state index >= 15 is 0 Å². The molecule has 0 atom stereocenters. The van der Waals surface area contributed by atoms with Crippen LogP contribution in [0.3, 0.4) is 0 Å². The molecule has 0 aliphatic rings. The molecule has 0 saturated heterocycles. The van der Waals surface area contributed by atoms with E-state index in [1.165, 1.54) is 0 Å². The van der Waals surface area contributed by atoms with Gasteiger partial charge in [0.15, 0.2) is 0 Å². The van der Waals surface area contributed by atoms with Crippen LogP contribution in [0.25, 0.3) is 0 Å². The fourth-order valence-electron chi connectivity index (χ4n) is 1.24. The third-order valence-electron chi connectivity index (χ3n) is 1.82. The highest BCUT2D eigenvalue weighted by molar-refractivity contribution is 5.42. The van der Waals surface area contributed by atoms with Gasteiger partial charge in [-0.2, -0.15) is 5.10 Å². The standard InChI is InChI=1S/C9H17N3/c1-4-5-12-6-8(10)9(11-12)7(2)3/h6-7H,4-5,10H2,1-3H3. The normalized spacial score (nSPS) is 11.0. The summed E-state index contributed by atoms with van der Waals surface area (Å²) in [6.07, 6.45) is 3.01. The first-order valence-corrected chi connectivity index (χ1v) is 4.48. The number of hydrogen-bond acceptors (Lipinski definition) is 2. The SMILES string of the molecule is CCCn1cc(N)c(C(C)C)n1. The van der Waals surface area contributed by atoms with Gasteiger partial charge in [0.25, 0.3) is 0 Å². The van der Waals surface area contributed by atoms with Crippen LogP contribution >= 0.6 is 0 Å². The van der Waals surface area contributed by atoms with Gasteiger partial charge >= 0.3 is 0 Å². The summed E-state index contributed by atoms with van der Waals surface area (Å²) >= 11 is 0. The van der Waals surface area contributed by atoms with Crippen molar-refractivity contribution in [1.29, 1.82) is 0 Å². The average Bonchev–Trinajstić information content (AvgIpc) is 2.32. The molecule has 0 saturated carbocycles. The molecule has 0 fully saturated rings. The zero-order chi connectivity index (χ0) is 9.14. The summed E-state index contributed by atoms with van der Waals surface area (Å²) in [7, 11) is 0. The molecular formula is C9H17N3. The molecule has 1 aromatic rings. The average molecular weight is 167 g/mol. The highest BCUT2D eigenvalue weighted by Crippen LogP contribution is 2.18. The molecule has 3 nitrogen and oxygen atoms in total. The Bertz CT molecular complexity index is 250. The van der Waals surface area contributed by atoms with Gasteiger partial charge < -0.3 is 5.73 Å². The Morgan fingerprint density at radius 1 is 1.58 bits per heavy atom. The molecule has 0 aliphatic heterocycles. The number of nitrogen functional groups attached to an aromatic ring is 1. The summed E-state index contributed by atoms with van der Waals surface area (Å²) in [6.45, 7) is 7.30. The van der Waals surface area contributed by atoms with Crippen molar-refractivity contribution in [3.8, 4) is 0 Å². The molecule has 0 spiro atoms. The van der Waals surface area contributed by atoms with E-state index < -0.39 is 0 Å². The molecule has 1 aromatic heterocycles. The van der Waals surface area contributed by atoms with Crippen LogP contribution in [-0.2, 0) is 6.54 Å². The number of hydrogen-bond donors (Lipinski definition) is 1. The minimum Gasteiger partial charge on any atom is -0.396 e. The van der Waals surface area contributed by atoms with Crippen molar-refractivity contribution in [3.63, 3.8) is 0 Å². The monoisotopic (exact) mass is 167 g/mol. The molecule has 0 aromatic carbocycles. The van der Waals surface area contributed by atoms with Gasteiger partial charge in [-0.05, 0) is 12.3 Å². The van der Waals surface area contributed by atoms with Gasteiger partial charge in [-0.1, -0.05) is 20.8 Å². The zero-order valence-corrected chi connectivity index (χ0v) is 8.04. The van der Waals surface area contributed by atoms with Crippen molar-refractivity contribution >= 4 is 5.69 Å². The second kappa shape index (κ2) is 3.61. The van der Waals surface area contributed by atoms with Crippen molar-refractivity contribution in [2.75, 3.05) is 5.73 Å². The number of nitrogens with zero attached hydrogens (tertiary/aromatic N) is 2. The van der Waals surface area contributed by atoms with E-state index in [2.05, 4.69) is 25.9 Å². The van der Waals surface area contributed by atoms with Gasteiger partial charge in [-0.3, -0.25) is 4.68 Å². The molecular weight excluding hydrogens is 150 g/mol. The first kappa shape index (κ1) is 9.10. The molecule has 1 rings (SSSR count). The number of aryl methyl sites for hydroxylation is 1. The highest BCUT2D eigenvalue weighted by atomic mass is 15.3. The lowest BCUT2D eigenvalue weighted by molar-refractivity contribution is 0.588. The fraction of sp³-hybridized carbons (Fsp3) is 0.667. The van der Waals surface area contributed by atoms with Crippen LogP contribution < -0.4 is 5.73 Å². The second-order valence-electron chi connectivity index (χ2n) is 3.39. The lowest BCUT2D eigenvalue weighted by Crippen LogP contribution is -1.99. The third kappa shape index (κ3) is 1.78. The molecule has 0 bridgehead atoms. The maximum absolute atomic E-state index is 5.79. The van der Waals surface area contributed by atoms with Crippen LogP contribution in [0.2, 0.25) is 0 Å². The molecule has 0 unspecified atom stereocenters. The highest BCUT2D eigenvalue weighted by Gasteiger charge is 2.08. The molecule has 1 heterocycles. The molecule has 0 aliphatic carbocycles. The minimum absolute atomic E-state index is 0.420. The molecule has 12 heavy (non-hydrogen) atoms. The summed E-state index contributed by atoms with van der Waals surface area (Å²) in [5.41, 5.74) is 7.62. The summed E-state index contributed by atoms with van der Waals surface area (Å²) < 4.78 is 1.92. The van der Waals surface area contributed by atoms with Gasteiger partial charge in [0.2, 0.25) is 0 Å². The van der Waals surface area contributed by atoms with E-state index in [4.69, 9.17) is 5.73 Å². The van der Waals surface area contributed by atoms with Crippen molar-refractivity contribution in [3.05, 3.63) is 11.9 Å². The van der Waals surface area contributed by atoms with Crippen molar-refractivity contribution in [2.24, 2.45) is 0 Å². The van der Waals surface area contributed by atoms with E-state index in [-0.39, 0.29) is 0 Å². The van der Waals surface area contributed by atoms with Crippen LogP contribution in [0.15, 0.2) is 6.20 Å². The quantitative estimate of drug-likeness (QED) is 0.748. The topological polar surface area (TPSA) is 43.8 Å². The molecule has 2 N–H and O–H groups in total. The van der Waals surface area contributed by atoms with E-state index in [1.807, 2.05) is 10.9 Å². The maximum Gasteiger partial charge on any atom is 0.0879 e. The van der Waals surface area contributed by atoms with Crippen LogP contribution in [0.1, 0.15) is 38.8 Å². The Morgan fingerprint density at radius 3 is 2.67 bits per heavy atom. The van der Waals surface area contributed by atoms with Crippen molar-refractivity contribution in [2.45, 2.75) is 39.7 Å². The lowest BCUT2D eigenvalue weighted by atomic mass is 10.1. The van der Waals surface area contributed by atoms with Gasteiger partial charge in [-0.25, -0.2) is 0 Å². The Hall–Kier alpha value is -0.990. The van der Waals surface area contributed by atoms with E-state index in [1.54, 1.807) is 0 Å². The summed E-state index contributed by atoms with van der Waals surface area (Å²) in [6, 6.07) is 0. The van der Waals surface area contributed by atoms with Gasteiger partial charge in [0, 0.05) is 12.7 Å². The predicted octanol–water partition coefficient (Wildman–Crippen LogP) is 2.00. The summed E-state index contributed by atoms with van der Waals surface area (Å²) in [4.78, 5) is 0. The first-order valence-electron chi connectivity index (χ1n) is 4.48. The van der Waals surface area contributed by atoms with Crippen molar-refractivity contribution in [1.82, 2.24) is 9.78 Å². The number of anilines is 1. The molecule has 3 heteroatoms. The summed E-state index contributed by atoms with van der Waals surface area (Å²) in [5, 5.41) is 4.39. The largest absolute Gasteiger partial charge is 0.396 e. The van der Waals surface area contributed by atoms with Gasteiger partial charge in [0.1, 0.15) is 0 Å². The lowest BCUT2D eigenvalue weighted by Gasteiger charge is -1.99. The minimum atomic E-state index is 0.420. The molecule has 68 valence electrons. The van der Waals surface area contributed by atoms with Gasteiger partial charge in [0.05, 0.1) is 11.4 Å². The Kier molecular flexibility index (Phi) is 2.74. The first-order chi connectivity index (χ1) is 5.65. The number of nitrogens with two attached hydrogens (primary N) is 1. The van der Waals surface area contributed by atoms with Crippen LogP contribution in [0.4, 0.5) is 5.69 Å². The molecule has 0 amide bonds. The zero-order valence-electron chi connectivity index (χ0n) is 8.04. The number of rotatable bonds is 3. The smallest absolute Gasteiger partial charge is 0.0879 e. The van der Waals surface area contributed by atoms with Gasteiger partial charge in [-0.15, -0.1) is 0 Å². The predicted molar refractivity (Wildman–Crippen MR) is 51.0 cm³/mol. The third-order valence-corrected chi connectivity index (χ3v) is 1.82. The van der Waals surface area contributed by atoms with Crippen LogP contribution in [0.5, 0.6) is 0 Å². The fourth-order valence-corrected chi connectivity index (χ4v) is 1.24. The number of aromatic nitrogens is 2. The van der Waals surface area contributed by atoms with Crippen molar-refractivity contribution < 1.29 is 0 Å². The summed E-state index contributed by atoms with van der Waals surface area (Å²) in [5.74, 6) is 0.420. The Labute approximate surface area is 73.6 Å². The Morgan fingerprint density at radius 2 is 2.25 bits per heavy atom. The second-order valence-corrected chi connectivity index (χ2v) is 3.39.